The first-order chi connectivity index (χ1) is 9.32. The summed E-state index contributed by atoms with van der Waals surface area (Å²) in [7, 11) is 1.67. The predicted molar refractivity (Wildman–Crippen MR) is 79.1 cm³/mol. The van der Waals surface area contributed by atoms with Crippen molar-refractivity contribution < 1.29 is 13.2 Å². The number of alkyl halides is 3. The van der Waals surface area contributed by atoms with Crippen molar-refractivity contribution in [3.63, 3.8) is 0 Å². The Labute approximate surface area is 128 Å². The van der Waals surface area contributed by atoms with Gasteiger partial charge in [0.2, 0.25) is 0 Å². The number of aryl methyl sites for hydroxylation is 1. The smallest absolute Gasteiger partial charge is 0.309 e. The molecule has 1 heterocycles. The second-order valence-corrected chi connectivity index (χ2v) is 6.63. The molecule has 108 valence electrons. The molecule has 6 heteroatoms. The maximum atomic E-state index is 13.2. The van der Waals surface area contributed by atoms with E-state index in [0.717, 1.165) is 15.8 Å². The first-order valence-electron chi connectivity index (χ1n) is 5.93. The molecule has 0 aliphatic heterocycles. The van der Waals surface area contributed by atoms with E-state index in [9.17, 15) is 13.2 Å². The van der Waals surface area contributed by atoms with Gasteiger partial charge in [0.05, 0.1) is 11.6 Å². The molecule has 2 rings (SSSR count). The van der Waals surface area contributed by atoms with E-state index in [-0.39, 0.29) is 5.56 Å². The largest absolute Gasteiger partial charge is 0.416 e. The summed E-state index contributed by atoms with van der Waals surface area (Å²) in [6.45, 7) is 1.94. The molecule has 0 aliphatic rings. The quantitative estimate of drug-likeness (QED) is 0.795. The minimum atomic E-state index is -4.37. The summed E-state index contributed by atoms with van der Waals surface area (Å²) in [5.74, 6) is 0. The minimum Gasteiger partial charge on any atom is -0.309 e. The van der Waals surface area contributed by atoms with Crippen molar-refractivity contribution in [2.24, 2.45) is 0 Å². The van der Waals surface area contributed by atoms with Crippen molar-refractivity contribution in [3.8, 4) is 0 Å². The molecule has 0 aliphatic carbocycles. The van der Waals surface area contributed by atoms with Crippen LogP contribution in [0.3, 0.4) is 0 Å². The zero-order chi connectivity index (χ0) is 14.9. The Kier molecular flexibility index (Phi) is 4.56. The van der Waals surface area contributed by atoms with Gasteiger partial charge in [0.15, 0.2) is 0 Å². The van der Waals surface area contributed by atoms with Crippen molar-refractivity contribution in [2.45, 2.75) is 19.1 Å². The Balaban J connectivity index is 2.55. The van der Waals surface area contributed by atoms with Crippen LogP contribution in [0.1, 0.15) is 26.9 Å². The number of thiophene rings is 1. The van der Waals surface area contributed by atoms with E-state index in [0.29, 0.717) is 4.47 Å². The average Bonchev–Trinajstić information content (AvgIpc) is 2.77. The molecule has 0 saturated carbocycles. The van der Waals surface area contributed by atoms with Crippen LogP contribution in [0, 0.1) is 6.92 Å². The third kappa shape index (κ3) is 3.24. The highest BCUT2D eigenvalue weighted by molar-refractivity contribution is 9.10. The highest BCUT2D eigenvalue weighted by atomic mass is 79.9. The molecule has 1 aromatic heterocycles. The van der Waals surface area contributed by atoms with Gasteiger partial charge < -0.3 is 5.32 Å². The summed E-state index contributed by atoms with van der Waals surface area (Å²) in [6, 6.07) is 7.59. The molecule has 0 spiro atoms. The van der Waals surface area contributed by atoms with Crippen LogP contribution in [-0.2, 0) is 6.18 Å². The summed E-state index contributed by atoms with van der Waals surface area (Å²) in [5.41, 5.74) is -0.373. The lowest BCUT2D eigenvalue weighted by Crippen LogP contribution is -2.21. The molecule has 0 amide bonds. The molecule has 0 radical (unpaired) electrons. The lowest BCUT2D eigenvalue weighted by molar-refractivity contribution is -0.138. The van der Waals surface area contributed by atoms with E-state index in [4.69, 9.17) is 0 Å². The Morgan fingerprint density at radius 2 is 1.90 bits per heavy atom. The second kappa shape index (κ2) is 5.87. The van der Waals surface area contributed by atoms with E-state index in [1.54, 1.807) is 13.1 Å². The van der Waals surface area contributed by atoms with Crippen molar-refractivity contribution in [1.29, 1.82) is 0 Å². The molecule has 0 fully saturated rings. The molecule has 1 aromatic carbocycles. The minimum absolute atomic E-state index is 0.241. The van der Waals surface area contributed by atoms with Gasteiger partial charge >= 0.3 is 6.18 Å². The number of nitrogens with one attached hydrogen (secondary N) is 1. The Morgan fingerprint density at radius 1 is 1.20 bits per heavy atom. The fourth-order valence-corrected chi connectivity index (χ4v) is 3.45. The van der Waals surface area contributed by atoms with Gasteiger partial charge in [0, 0.05) is 14.2 Å². The molecular formula is C14H13BrF3NS. The lowest BCUT2D eigenvalue weighted by atomic mass is 9.99. The molecular weight excluding hydrogens is 351 g/mol. The van der Waals surface area contributed by atoms with Crippen molar-refractivity contribution in [1.82, 2.24) is 5.32 Å². The topological polar surface area (TPSA) is 12.0 Å². The van der Waals surface area contributed by atoms with Gasteiger partial charge in [-0.05, 0) is 43.8 Å². The fraction of sp³-hybridized carbons (Fsp3) is 0.286. The third-order valence-corrected chi connectivity index (χ3v) is 4.52. The van der Waals surface area contributed by atoms with Gasteiger partial charge in [-0.25, -0.2) is 0 Å². The average molecular weight is 364 g/mol. The van der Waals surface area contributed by atoms with Crippen LogP contribution in [0.2, 0.25) is 0 Å². The summed E-state index contributed by atoms with van der Waals surface area (Å²) in [4.78, 5) is 1.95. The predicted octanol–water partition coefficient (Wildman–Crippen LogP) is 5.15. The van der Waals surface area contributed by atoms with Crippen LogP contribution in [0.4, 0.5) is 13.2 Å². The van der Waals surface area contributed by atoms with Gasteiger partial charge in [0.25, 0.3) is 0 Å². The summed E-state index contributed by atoms with van der Waals surface area (Å²) >= 11 is 4.60. The van der Waals surface area contributed by atoms with Crippen molar-refractivity contribution >= 4 is 27.3 Å². The highest BCUT2D eigenvalue weighted by Gasteiger charge is 2.35. The third-order valence-electron chi connectivity index (χ3n) is 2.97. The second-order valence-electron chi connectivity index (χ2n) is 4.40. The molecule has 1 unspecified atom stereocenters. The SMILES string of the molecule is CNC(c1ccc(C)s1)c1ccc(Br)cc1C(F)(F)F. The first kappa shape index (κ1) is 15.5. The van der Waals surface area contributed by atoms with E-state index < -0.39 is 17.8 Å². The van der Waals surface area contributed by atoms with Crippen LogP contribution in [0.5, 0.6) is 0 Å². The van der Waals surface area contributed by atoms with E-state index in [2.05, 4.69) is 21.2 Å². The molecule has 1 nitrogen and oxygen atoms in total. The summed E-state index contributed by atoms with van der Waals surface area (Å²) in [6.07, 6.45) is -4.37. The number of hydrogen-bond acceptors (Lipinski definition) is 2. The maximum absolute atomic E-state index is 13.2. The van der Waals surface area contributed by atoms with Crippen molar-refractivity contribution in [3.05, 3.63) is 55.7 Å². The van der Waals surface area contributed by atoms with Gasteiger partial charge in [-0.1, -0.05) is 22.0 Å². The number of benzene rings is 1. The van der Waals surface area contributed by atoms with Gasteiger partial charge in [0.1, 0.15) is 0 Å². The molecule has 1 atom stereocenters. The molecule has 2 aromatic rings. The van der Waals surface area contributed by atoms with Gasteiger partial charge in [-0.2, -0.15) is 13.2 Å². The monoisotopic (exact) mass is 363 g/mol. The lowest BCUT2D eigenvalue weighted by Gasteiger charge is -2.20. The van der Waals surface area contributed by atoms with Crippen LogP contribution < -0.4 is 5.32 Å². The highest BCUT2D eigenvalue weighted by Crippen LogP contribution is 2.39. The van der Waals surface area contributed by atoms with Crippen molar-refractivity contribution in [2.75, 3.05) is 7.05 Å². The normalized spacial score (nSPS) is 13.5. The Hall–Kier alpha value is -0.850. The van der Waals surface area contributed by atoms with Gasteiger partial charge in [-0.15, -0.1) is 11.3 Å². The number of halogens is 4. The van der Waals surface area contributed by atoms with Crippen LogP contribution >= 0.6 is 27.3 Å². The van der Waals surface area contributed by atoms with Crippen LogP contribution in [-0.4, -0.2) is 7.05 Å². The standard InChI is InChI=1S/C14H13BrF3NS/c1-8-3-6-12(20-8)13(19-2)10-5-4-9(15)7-11(10)14(16,17)18/h3-7,13,19H,1-2H3. The Bertz CT molecular complexity index is 607. The molecule has 0 bridgehead atoms. The van der Waals surface area contributed by atoms with E-state index >= 15 is 0 Å². The van der Waals surface area contributed by atoms with Gasteiger partial charge in [-0.3, -0.25) is 0 Å². The first-order valence-corrected chi connectivity index (χ1v) is 7.54. The molecule has 1 N–H and O–H groups in total. The van der Waals surface area contributed by atoms with E-state index in [1.165, 1.54) is 17.4 Å². The summed E-state index contributed by atoms with van der Waals surface area (Å²) in [5, 5.41) is 2.98. The molecule has 0 saturated heterocycles. The Morgan fingerprint density at radius 3 is 2.40 bits per heavy atom. The fourth-order valence-electron chi connectivity index (χ4n) is 2.09. The van der Waals surface area contributed by atoms with E-state index in [1.807, 2.05) is 19.1 Å². The zero-order valence-electron chi connectivity index (χ0n) is 10.9. The number of rotatable bonds is 3. The van der Waals surface area contributed by atoms with Crippen LogP contribution in [0.25, 0.3) is 0 Å². The zero-order valence-corrected chi connectivity index (χ0v) is 13.3. The van der Waals surface area contributed by atoms with Crippen LogP contribution in [0.15, 0.2) is 34.8 Å². The molecule has 20 heavy (non-hydrogen) atoms. The maximum Gasteiger partial charge on any atom is 0.416 e. The summed E-state index contributed by atoms with van der Waals surface area (Å²) < 4.78 is 40.0. The number of hydrogen-bond donors (Lipinski definition) is 1.